The molecule has 0 aromatic carbocycles. The smallest absolute Gasteiger partial charge is 0.305 e. The number of nitrogens with one attached hydrogen (secondary N) is 1. The Kier molecular flexibility index (Phi) is 6.52. The molecule has 5 heteroatoms. The second kappa shape index (κ2) is 8.39. The van der Waals surface area contributed by atoms with Crippen LogP contribution in [0, 0.1) is 5.41 Å². The lowest BCUT2D eigenvalue weighted by molar-refractivity contribution is -0.140. The van der Waals surface area contributed by atoms with Crippen molar-refractivity contribution in [1.29, 1.82) is 0 Å². The molecule has 0 atom stereocenters. The number of esters is 1. The van der Waals surface area contributed by atoms with Crippen molar-refractivity contribution >= 4 is 11.9 Å². The van der Waals surface area contributed by atoms with Crippen molar-refractivity contribution < 1.29 is 9.53 Å². The number of likely N-dealkylation sites (tertiary alicyclic amines) is 1. The predicted molar refractivity (Wildman–Crippen MR) is 88.9 cm³/mol. The van der Waals surface area contributed by atoms with Gasteiger partial charge in [0.05, 0.1) is 7.11 Å². The lowest BCUT2D eigenvalue weighted by Crippen LogP contribution is -2.42. The topological polar surface area (TPSA) is 53.9 Å². The van der Waals surface area contributed by atoms with Crippen molar-refractivity contribution in [2.45, 2.75) is 57.8 Å². The van der Waals surface area contributed by atoms with Crippen LogP contribution < -0.4 is 5.32 Å². The van der Waals surface area contributed by atoms with E-state index in [1.807, 2.05) is 7.05 Å². The van der Waals surface area contributed by atoms with Crippen LogP contribution in [0.25, 0.3) is 0 Å². The highest BCUT2D eigenvalue weighted by atomic mass is 16.5. The van der Waals surface area contributed by atoms with Crippen molar-refractivity contribution in [2.24, 2.45) is 10.4 Å². The average Bonchev–Trinajstić information content (AvgIpc) is 2.95. The van der Waals surface area contributed by atoms with E-state index in [-0.39, 0.29) is 5.97 Å². The molecule has 1 heterocycles. The molecule has 1 saturated heterocycles. The Labute approximate surface area is 134 Å². The Balaban J connectivity index is 1.55. The first-order valence-electron chi connectivity index (χ1n) is 8.71. The lowest BCUT2D eigenvalue weighted by atomic mass is 9.68. The third kappa shape index (κ3) is 4.62. The Morgan fingerprint density at radius 3 is 2.59 bits per heavy atom. The number of hydrogen-bond acceptors (Lipinski definition) is 3. The van der Waals surface area contributed by atoms with Crippen LogP contribution in [0.5, 0.6) is 0 Å². The van der Waals surface area contributed by atoms with E-state index in [1.165, 1.54) is 39.3 Å². The third-order valence-corrected chi connectivity index (χ3v) is 5.18. The van der Waals surface area contributed by atoms with Gasteiger partial charge in [-0.05, 0) is 37.5 Å². The molecule has 22 heavy (non-hydrogen) atoms. The minimum Gasteiger partial charge on any atom is -0.469 e. The molecule has 1 aliphatic carbocycles. The Bertz CT molecular complexity index is 391. The minimum absolute atomic E-state index is 0.0996. The van der Waals surface area contributed by atoms with Crippen LogP contribution in [0.2, 0.25) is 0 Å². The highest BCUT2D eigenvalue weighted by Gasteiger charge is 2.43. The second-order valence-corrected chi connectivity index (χ2v) is 6.74. The second-order valence-electron chi connectivity index (χ2n) is 6.74. The maximum atomic E-state index is 11.0. The van der Waals surface area contributed by atoms with Gasteiger partial charge in [0, 0.05) is 33.1 Å². The zero-order valence-corrected chi connectivity index (χ0v) is 14.2. The van der Waals surface area contributed by atoms with Crippen molar-refractivity contribution in [3.8, 4) is 0 Å². The van der Waals surface area contributed by atoms with Gasteiger partial charge in [0.25, 0.3) is 0 Å². The molecule has 0 unspecified atom stereocenters. The van der Waals surface area contributed by atoms with Crippen LogP contribution >= 0.6 is 0 Å². The molecule has 0 aromatic heterocycles. The summed E-state index contributed by atoms with van der Waals surface area (Å²) < 4.78 is 4.64. The largest absolute Gasteiger partial charge is 0.469 e. The number of methoxy groups -OCH3 is 1. The highest BCUT2D eigenvalue weighted by molar-refractivity contribution is 5.80. The number of carbonyl (C=O) groups is 1. The van der Waals surface area contributed by atoms with Gasteiger partial charge in [-0.2, -0.15) is 0 Å². The van der Waals surface area contributed by atoms with Crippen molar-refractivity contribution in [3.05, 3.63) is 0 Å². The first kappa shape index (κ1) is 17.1. The molecule has 1 spiro atoms. The van der Waals surface area contributed by atoms with Crippen LogP contribution in [0.4, 0.5) is 0 Å². The van der Waals surface area contributed by atoms with E-state index < -0.39 is 0 Å². The van der Waals surface area contributed by atoms with Crippen LogP contribution in [-0.4, -0.2) is 50.6 Å². The fraction of sp³-hybridized carbons (Fsp3) is 0.882. The summed E-state index contributed by atoms with van der Waals surface area (Å²) in [5.41, 5.74) is 0.617. The van der Waals surface area contributed by atoms with E-state index >= 15 is 0 Å². The van der Waals surface area contributed by atoms with Gasteiger partial charge in [0.15, 0.2) is 5.96 Å². The lowest BCUT2D eigenvalue weighted by Gasteiger charge is -2.38. The highest BCUT2D eigenvalue weighted by Crippen LogP contribution is 2.47. The molecule has 1 saturated carbocycles. The van der Waals surface area contributed by atoms with Gasteiger partial charge in [-0.1, -0.05) is 19.3 Å². The minimum atomic E-state index is -0.0996. The van der Waals surface area contributed by atoms with Gasteiger partial charge in [-0.3, -0.25) is 9.79 Å². The van der Waals surface area contributed by atoms with Gasteiger partial charge < -0.3 is 15.0 Å². The molecule has 2 rings (SSSR count). The Morgan fingerprint density at radius 2 is 2.00 bits per heavy atom. The number of guanidine groups is 1. The molecule has 0 bridgehead atoms. The molecular weight excluding hydrogens is 278 g/mol. The number of aliphatic imine (C=N–C) groups is 1. The molecule has 0 aromatic rings. The zero-order chi connectivity index (χ0) is 15.8. The molecule has 5 nitrogen and oxygen atoms in total. The summed E-state index contributed by atoms with van der Waals surface area (Å²) in [5, 5.41) is 3.49. The number of hydrogen-bond donors (Lipinski definition) is 1. The standard InChI is InChI=1S/C17H31N3O2/c1-18-16(20-13-11-17(14-20)9-7-10-17)19-12-6-4-3-5-8-15(21)22-2/h3-14H2,1-2H3,(H,18,19). The van der Waals surface area contributed by atoms with E-state index in [0.717, 1.165) is 44.7 Å². The number of unbranched alkanes of at least 4 members (excludes halogenated alkanes) is 3. The summed E-state index contributed by atoms with van der Waals surface area (Å²) >= 11 is 0. The number of carbonyl (C=O) groups excluding carboxylic acids is 1. The van der Waals surface area contributed by atoms with Gasteiger partial charge in [-0.25, -0.2) is 0 Å². The molecule has 1 N–H and O–H groups in total. The van der Waals surface area contributed by atoms with E-state index in [4.69, 9.17) is 0 Å². The fourth-order valence-electron chi connectivity index (χ4n) is 3.58. The number of ether oxygens (including phenoxy) is 1. The summed E-state index contributed by atoms with van der Waals surface area (Å²) in [6.07, 6.45) is 10.4. The SMILES string of the molecule is CN=C(NCCCCCCC(=O)OC)N1CCC2(CCC2)C1. The van der Waals surface area contributed by atoms with Crippen LogP contribution in [-0.2, 0) is 9.53 Å². The van der Waals surface area contributed by atoms with Crippen LogP contribution in [0.1, 0.15) is 57.8 Å². The van der Waals surface area contributed by atoms with Crippen molar-refractivity contribution in [2.75, 3.05) is 33.8 Å². The molecule has 0 amide bonds. The normalized spacial score (nSPS) is 20.1. The Morgan fingerprint density at radius 1 is 1.23 bits per heavy atom. The molecule has 0 radical (unpaired) electrons. The summed E-state index contributed by atoms with van der Waals surface area (Å²) in [5.74, 6) is 0.968. The fourth-order valence-corrected chi connectivity index (χ4v) is 3.58. The Hall–Kier alpha value is -1.26. The van der Waals surface area contributed by atoms with E-state index in [9.17, 15) is 4.79 Å². The summed E-state index contributed by atoms with van der Waals surface area (Å²) in [7, 11) is 3.33. The summed E-state index contributed by atoms with van der Waals surface area (Å²) in [6, 6.07) is 0. The van der Waals surface area contributed by atoms with E-state index in [2.05, 4.69) is 19.9 Å². The van der Waals surface area contributed by atoms with Crippen LogP contribution in [0.15, 0.2) is 4.99 Å². The molecule has 126 valence electrons. The molecule has 1 aliphatic heterocycles. The molecule has 2 aliphatic rings. The van der Waals surface area contributed by atoms with Crippen molar-refractivity contribution in [1.82, 2.24) is 10.2 Å². The van der Waals surface area contributed by atoms with Gasteiger partial charge in [-0.15, -0.1) is 0 Å². The third-order valence-electron chi connectivity index (χ3n) is 5.18. The van der Waals surface area contributed by atoms with E-state index in [0.29, 0.717) is 11.8 Å². The number of nitrogens with zero attached hydrogens (tertiary/aromatic N) is 2. The first-order chi connectivity index (χ1) is 10.7. The van der Waals surface area contributed by atoms with Crippen molar-refractivity contribution in [3.63, 3.8) is 0 Å². The van der Waals surface area contributed by atoms with Gasteiger partial charge in [0.2, 0.25) is 0 Å². The van der Waals surface area contributed by atoms with Gasteiger partial charge in [0.1, 0.15) is 0 Å². The zero-order valence-electron chi connectivity index (χ0n) is 14.2. The average molecular weight is 309 g/mol. The van der Waals surface area contributed by atoms with E-state index in [1.54, 1.807) is 0 Å². The maximum absolute atomic E-state index is 11.0. The van der Waals surface area contributed by atoms with Crippen LogP contribution in [0.3, 0.4) is 0 Å². The molecule has 2 fully saturated rings. The monoisotopic (exact) mass is 309 g/mol. The quantitative estimate of drug-likeness (QED) is 0.340. The van der Waals surface area contributed by atoms with Gasteiger partial charge >= 0.3 is 5.97 Å². The maximum Gasteiger partial charge on any atom is 0.305 e. The molecular formula is C17H31N3O2. The first-order valence-corrected chi connectivity index (χ1v) is 8.71. The summed E-state index contributed by atoms with van der Waals surface area (Å²) in [6.45, 7) is 3.30. The predicted octanol–water partition coefficient (Wildman–Crippen LogP) is 2.56. The summed E-state index contributed by atoms with van der Waals surface area (Å²) in [4.78, 5) is 17.9. The number of rotatable bonds is 7.